The van der Waals surface area contributed by atoms with Gasteiger partial charge in [0, 0.05) is 23.3 Å². The summed E-state index contributed by atoms with van der Waals surface area (Å²) in [6.07, 6.45) is 3.89. The molecule has 5 heteroatoms. The lowest BCUT2D eigenvalue weighted by Crippen LogP contribution is -1.97. The number of rotatable bonds is 5. The largest absolute Gasteiger partial charge is 0.244 e. The normalized spacial score (nSPS) is 10.7. The van der Waals surface area contributed by atoms with Gasteiger partial charge in [-0.1, -0.05) is 42.8 Å². The number of aromatic nitrogens is 3. The molecule has 2 aromatic rings. The fourth-order valence-electron chi connectivity index (χ4n) is 1.69. The highest BCUT2D eigenvalue weighted by Crippen LogP contribution is 2.20. The minimum Gasteiger partial charge on any atom is -0.244 e. The van der Waals surface area contributed by atoms with Crippen molar-refractivity contribution in [2.75, 3.05) is 0 Å². The van der Waals surface area contributed by atoms with E-state index >= 15 is 0 Å². The third kappa shape index (κ3) is 4.48. The van der Waals surface area contributed by atoms with E-state index in [1.807, 2.05) is 13.0 Å². The average Bonchev–Trinajstić information content (AvgIpc) is 2.38. The second-order valence-corrected chi connectivity index (χ2v) is 5.64. The monoisotopic (exact) mass is 293 g/mol. The van der Waals surface area contributed by atoms with Gasteiger partial charge in [0.05, 0.1) is 0 Å². The number of nitrogens with zero attached hydrogens (tertiary/aromatic N) is 3. The van der Waals surface area contributed by atoms with Gasteiger partial charge in [0.1, 0.15) is 5.15 Å². The Morgan fingerprint density at radius 1 is 1.26 bits per heavy atom. The van der Waals surface area contributed by atoms with Gasteiger partial charge in [-0.05, 0) is 31.0 Å². The molecule has 2 heterocycles. The highest BCUT2D eigenvalue weighted by Gasteiger charge is 2.04. The first-order chi connectivity index (χ1) is 9.17. The van der Waals surface area contributed by atoms with Crippen LogP contribution in [0.25, 0.3) is 0 Å². The Kier molecular flexibility index (Phi) is 5.16. The molecule has 0 unspecified atom stereocenters. The van der Waals surface area contributed by atoms with Crippen molar-refractivity contribution >= 4 is 23.4 Å². The van der Waals surface area contributed by atoms with Gasteiger partial charge in [0.2, 0.25) is 0 Å². The van der Waals surface area contributed by atoms with Crippen LogP contribution in [0.2, 0.25) is 5.15 Å². The Bertz CT molecular complexity index is 543. The van der Waals surface area contributed by atoms with E-state index in [0.29, 0.717) is 5.15 Å². The van der Waals surface area contributed by atoms with Crippen LogP contribution >= 0.6 is 23.4 Å². The molecule has 2 aromatic heterocycles. The van der Waals surface area contributed by atoms with Crippen LogP contribution in [0.15, 0.2) is 29.6 Å². The second kappa shape index (κ2) is 6.87. The number of thioether (sulfide) groups is 1. The summed E-state index contributed by atoms with van der Waals surface area (Å²) in [4.78, 5) is 13.1. The summed E-state index contributed by atoms with van der Waals surface area (Å²) < 4.78 is 0. The molecule has 0 atom stereocenters. The molecule has 0 aliphatic rings. The van der Waals surface area contributed by atoms with Crippen LogP contribution < -0.4 is 0 Å². The van der Waals surface area contributed by atoms with E-state index in [0.717, 1.165) is 40.7 Å². The fourth-order valence-corrected chi connectivity index (χ4v) is 2.66. The van der Waals surface area contributed by atoms with Crippen molar-refractivity contribution < 1.29 is 0 Å². The first kappa shape index (κ1) is 14.3. The molecule has 0 N–H and O–H groups in total. The van der Waals surface area contributed by atoms with Crippen LogP contribution in [0.5, 0.6) is 0 Å². The molecular weight excluding hydrogens is 278 g/mol. The van der Waals surface area contributed by atoms with Gasteiger partial charge in [0.15, 0.2) is 5.16 Å². The Labute approximate surface area is 122 Å². The van der Waals surface area contributed by atoms with Crippen LogP contribution in [0.3, 0.4) is 0 Å². The summed E-state index contributed by atoms with van der Waals surface area (Å²) in [5, 5.41) is 1.35. The van der Waals surface area contributed by atoms with Crippen molar-refractivity contribution in [3.8, 4) is 0 Å². The fraction of sp³-hybridized carbons (Fsp3) is 0.357. The summed E-state index contributed by atoms with van der Waals surface area (Å²) in [6.45, 7) is 4.17. The van der Waals surface area contributed by atoms with E-state index in [4.69, 9.17) is 11.6 Å². The highest BCUT2D eigenvalue weighted by atomic mass is 35.5. The number of halogens is 1. The van der Waals surface area contributed by atoms with Gasteiger partial charge in [-0.3, -0.25) is 0 Å². The van der Waals surface area contributed by atoms with Gasteiger partial charge >= 0.3 is 0 Å². The molecule has 19 heavy (non-hydrogen) atoms. The molecule has 0 spiro atoms. The predicted octanol–water partition coefficient (Wildman–Crippen LogP) is 4.08. The van der Waals surface area contributed by atoms with Crippen LogP contribution in [0.4, 0.5) is 0 Å². The van der Waals surface area contributed by atoms with Crippen molar-refractivity contribution in [1.82, 2.24) is 15.0 Å². The molecule has 0 aliphatic carbocycles. The first-order valence-electron chi connectivity index (χ1n) is 6.25. The van der Waals surface area contributed by atoms with Crippen LogP contribution in [-0.2, 0) is 12.2 Å². The molecule has 0 radical (unpaired) electrons. The topological polar surface area (TPSA) is 38.7 Å². The van der Waals surface area contributed by atoms with Gasteiger partial charge in [-0.25, -0.2) is 15.0 Å². The first-order valence-corrected chi connectivity index (χ1v) is 7.61. The van der Waals surface area contributed by atoms with Gasteiger partial charge < -0.3 is 0 Å². The molecule has 0 aliphatic heterocycles. The second-order valence-electron chi connectivity index (χ2n) is 4.31. The number of pyridine rings is 1. The summed E-state index contributed by atoms with van der Waals surface area (Å²) in [7, 11) is 0. The van der Waals surface area contributed by atoms with Crippen molar-refractivity contribution in [3.63, 3.8) is 0 Å². The van der Waals surface area contributed by atoms with Crippen molar-refractivity contribution in [2.45, 2.75) is 37.6 Å². The molecule has 0 fully saturated rings. The molecule has 100 valence electrons. The zero-order chi connectivity index (χ0) is 13.7. The van der Waals surface area contributed by atoms with Crippen molar-refractivity contribution in [3.05, 3.63) is 46.5 Å². The van der Waals surface area contributed by atoms with E-state index in [2.05, 4.69) is 27.9 Å². The third-order valence-corrected chi connectivity index (χ3v) is 3.69. The molecule has 0 bridgehead atoms. The number of hydrogen-bond acceptors (Lipinski definition) is 4. The summed E-state index contributed by atoms with van der Waals surface area (Å²) in [6, 6.07) is 5.83. The van der Waals surface area contributed by atoms with Crippen molar-refractivity contribution in [2.24, 2.45) is 0 Å². The molecule has 0 amide bonds. The predicted molar refractivity (Wildman–Crippen MR) is 79.6 cm³/mol. The van der Waals surface area contributed by atoms with Gasteiger partial charge in [-0.15, -0.1) is 0 Å². The minimum atomic E-state index is 0.519. The van der Waals surface area contributed by atoms with Crippen LogP contribution in [-0.4, -0.2) is 15.0 Å². The molecule has 0 aromatic carbocycles. The van der Waals surface area contributed by atoms with E-state index in [-0.39, 0.29) is 0 Å². The smallest absolute Gasteiger partial charge is 0.188 e. The zero-order valence-corrected chi connectivity index (χ0v) is 12.6. The minimum absolute atomic E-state index is 0.519. The molecule has 3 nitrogen and oxygen atoms in total. The standard InChI is InChI=1S/C14H16ClN3S/c1-3-4-12-7-10(2)17-14(18-12)19-9-11-5-6-13(15)16-8-11/h5-8H,3-4,9H2,1-2H3. The lowest BCUT2D eigenvalue weighted by atomic mass is 10.2. The van der Waals surface area contributed by atoms with E-state index in [1.54, 1.807) is 24.0 Å². The third-order valence-electron chi connectivity index (χ3n) is 2.55. The Hall–Kier alpha value is -1.13. The van der Waals surface area contributed by atoms with Crippen LogP contribution in [0, 0.1) is 6.92 Å². The summed E-state index contributed by atoms with van der Waals surface area (Å²) >= 11 is 7.39. The lowest BCUT2D eigenvalue weighted by molar-refractivity contribution is 0.815. The lowest BCUT2D eigenvalue weighted by Gasteiger charge is -2.05. The quantitative estimate of drug-likeness (QED) is 0.473. The maximum absolute atomic E-state index is 5.76. The van der Waals surface area contributed by atoms with E-state index < -0.39 is 0 Å². The van der Waals surface area contributed by atoms with Crippen molar-refractivity contribution in [1.29, 1.82) is 0 Å². The molecule has 2 rings (SSSR count). The highest BCUT2D eigenvalue weighted by molar-refractivity contribution is 7.98. The van der Waals surface area contributed by atoms with E-state index in [9.17, 15) is 0 Å². The number of hydrogen-bond donors (Lipinski definition) is 0. The molecule has 0 saturated carbocycles. The SMILES string of the molecule is CCCc1cc(C)nc(SCc2ccc(Cl)nc2)n1. The Morgan fingerprint density at radius 2 is 2.11 bits per heavy atom. The maximum atomic E-state index is 5.76. The Morgan fingerprint density at radius 3 is 2.79 bits per heavy atom. The van der Waals surface area contributed by atoms with Crippen LogP contribution in [0.1, 0.15) is 30.3 Å². The summed E-state index contributed by atoms with van der Waals surface area (Å²) in [5.74, 6) is 0.805. The number of aryl methyl sites for hydroxylation is 2. The van der Waals surface area contributed by atoms with Gasteiger partial charge in [-0.2, -0.15) is 0 Å². The molecular formula is C14H16ClN3S. The van der Waals surface area contributed by atoms with E-state index in [1.165, 1.54) is 0 Å². The molecule has 0 saturated heterocycles. The zero-order valence-electron chi connectivity index (χ0n) is 11.1. The Balaban J connectivity index is 2.04. The van der Waals surface area contributed by atoms with Gasteiger partial charge in [0.25, 0.3) is 0 Å². The maximum Gasteiger partial charge on any atom is 0.188 e. The summed E-state index contributed by atoms with van der Waals surface area (Å²) in [5.41, 5.74) is 3.26. The average molecular weight is 294 g/mol.